The number of benzene rings is 1. The topological polar surface area (TPSA) is 9.23 Å². The van der Waals surface area contributed by atoms with Gasteiger partial charge in [-0.15, -0.1) is 11.6 Å². The molecular formula is C11H12ClF3O. The van der Waals surface area contributed by atoms with Gasteiger partial charge >= 0.3 is 6.18 Å². The van der Waals surface area contributed by atoms with E-state index in [1.165, 1.54) is 12.1 Å². The number of alkyl halides is 4. The van der Waals surface area contributed by atoms with Crippen molar-refractivity contribution >= 4 is 11.6 Å². The van der Waals surface area contributed by atoms with Crippen LogP contribution in [-0.4, -0.2) is 12.5 Å². The molecule has 0 spiro atoms. The molecule has 1 unspecified atom stereocenters. The summed E-state index contributed by atoms with van der Waals surface area (Å²) in [5, 5.41) is 0. The van der Waals surface area contributed by atoms with E-state index < -0.39 is 11.7 Å². The van der Waals surface area contributed by atoms with Crippen LogP contribution in [0.2, 0.25) is 0 Å². The summed E-state index contributed by atoms with van der Waals surface area (Å²) in [5.74, 6) is 1.05. The first-order valence-corrected chi connectivity index (χ1v) is 5.33. The molecule has 0 saturated carbocycles. The first kappa shape index (κ1) is 13.2. The SMILES string of the molecule is CC(CCl)COc1ccc(C(F)(F)F)cc1. The highest BCUT2D eigenvalue weighted by atomic mass is 35.5. The molecule has 16 heavy (non-hydrogen) atoms. The fourth-order valence-corrected chi connectivity index (χ4v) is 1.11. The zero-order valence-electron chi connectivity index (χ0n) is 8.72. The summed E-state index contributed by atoms with van der Waals surface area (Å²) in [6.45, 7) is 2.30. The lowest BCUT2D eigenvalue weighted by atomic mass is 10.2. The van der Waals surface area contributed by atoms with Crippen LogP contribution < -0.4 is 4.74 Å². The highest BCUT2D eigenvalue weighted by Crippen LogP contribution is 2.30. The van der Waals surface area contributed by atoms with Crippen molar-refractivity contribution in [2.75, 3.05) is 12.5 Å². The van der Waals surface area contributed by atoms with Crippen LogP contribution in [0.1, 0.15) is 12.5 Å². The average molecular weight is 253 g/mol. The summed E-state index contributed by atoms with van der Waals surface area (Å²) < 4.78 is 42.0. The van der Waals surface area contributed by atoms with Crippen LogP contribution in [0.25, 0.3) is 0 Å². The van der Waals surface area contributed by atoms with Crippen molar-refractivity contribution < 1.29 is 17.9 Å². The highest BCUT2D eigenvalue weighted by molar-refractivity contribution is 6.18. The van der Waals surface area contributed by atoms with E-state index in [1.807, 2.05) is 6.92 Å². The molecule has 0 heterocycles. The minimum atomic E-state index is -4.30. The molecule has 0 amide bonds. The Morgan fingerprint density at radius 1 is 1.25 bits per heavy atom. The fourth-order valence-electron chi connectivity index (χ4n) is 1.02. The van der Waals surface area contributed by atoms with Crippen molar-refractivity contribution in [3.8, 4) is 5.75 Å². The first-order chi connectivity index (χ1) is 7.43. The Kier molecular flexibility index (Phi) is 4.47. The molecule has 1 nitrogen and oxygen atoms in total. The molecule has 1 atom stereocenters. The Morgan fingerprint density at radius 3 is 2.25 bits per heavy atom. The number of rotatable bonds is 4. The number of halogens is 4. The number of ether oxygens (including phenoxy) is 1. The van der Waals surface area contributed by atoms with Crippen molar-refractivity contribution in [2.24, 2.45) is 5.92 Å². The van der Waals surface area contributed by atoms with Crippen LogP contribution in [0.5, 0.6) is 5.75 Å². The summed E-state index contributed by atoms with van der Waals surface area (Å²) in [6.07, 6.45) is -4.30. The third-order valence-electron chi connectivity index (χ3n) is 1.98. The lowest BCUT2D eigenvalue weighted by molar-refractivity contribution is -0.137. The van der Waals surface area contributed by atoms with Gasteiger partial charge in [-0.1, -0.05) is 6.92 Å². The summed E-state index contributed by atoms with van der Waals surface area (Å²) in [5.41, 5.74) is -0.676. The number of hydrogen-bond donors (Lipinski definition) is 0. The van der Waals surface area contributed by atoms with E-state index in [0.717, 1.165) is 12.1 Å². The molecule has 0 saturated heterocycles. The minimum absolute atomic E-state index is 0.170. The van der Waals surface area contributed by atoms with Crippen LogP contribution in [0.3, 0.4) is 0 Å². The van der Waals surface area contributed by atoms with E-state index in [1.54, 1.807) is 0 Å². The number of hydrogen-bond acceptors (Lipinski definition) is 1. The lowest BCUT2D eigenvalue weighted by Crippen LogP contribution is -2.10. The molecule has 0 aliphatic carbocycles. The van der Waals surface area contributed by atoms with E-state index in [-0.39, 0.29) is 5.92 Å². The van der Waals surface area contributed by atoms with Gasteiger partial charge in [0.05, 0.1) is 12.2 Å². The second-order valence-corrected chi connectivity index (χ2v) is 3.90. The van der Waals surface area contributed by atoms with E-state index >= 15 is 0 Å². The molecular weight excluding hydrogens is 241 g/mol. The Hall–Kier alpha value is -0.900. The Labute approximate surface area is 97.2 Å². The summed E-state index contributed by atoms with van der Waals surface area (Å²) in [7, 11) is 0. The smallest absolute Gasteiger partial charge is 0.416 e. The maximum absolute atomic E-state index is 12.2. The third kappa shape index (κ3) is 3.93. The Balaban J connectivity index is 2.58. The van der Waals surface area contributed by atoms with Crippen LogP contribution >= 0.6 is 11.6 Å². The zero-order chi connectivity index (χ0) is 12.2. The average Bonchev–Trinajstić information content (AvgIpc) is 2.25. The highest BCUT2D eigenvalue weighted by Gasteiger charge is 2.29. The van der Waals surface area contributed by atoms with Gasteiger partial charge in [0.2, 0.25) is 0 Å². The molecule has 1 rings (SSSR count). The van der Waals surface area contributed by atoms with E-state index in [4.69, 9.17) is 16.3 Å². The van der Waals surface area contributed by atoms with E-state index in [9.17, 15) is 13.2 Å². The van der Waals surface area contributed by atoms with Crippen LogP contribution in [-0.2, 0) is 6.18 Å². The quantitative estimate of drug-likeness (QED) is 0.737. The molecule has 0 aliphatic heterocycles. The second kappa shape index (κ2) is 5.43. The predicted octanol–water partition coefficient (Wildman–Crippen LogP) is 3.96. The van der Waals surface area contributed by atoms with Gasteiger partial charge in [0.15, 0.2) is 0 Å². The lowest BCUT2D eigenvalue weighted by Gasteiger charge is -2.11. The van der Waals surface area contributed by atoms with Gasteiger partial charge in [-0.05, 0) is 24.3 Å². The minimum Gasteiger partial charge on any atom is -0.493 e. The maximum atomic E-state index is 12.2. The van der Waals surface area contributed by atoms with Gasteiger partial charge in [-0.3, -0.25) is 0 Å². The van der Waals surface area contributed by atoms with Crippen LogP contribution in [0, 0.1) is 5.92 Å². The van der Waals surface area contributed by atoms with Gasteiger partial charge < -0.3 is 4.74 Å². The molecule has 0 bridgehead atoms. The molecule has 90 valence electrons. The molecule has 1 aromatic rings. The van der Waals surface area contributed by atoms with E-state index in [2.05, 4.69) is 0 Å². The third-order valence-corrected chi connectivity index (χ3v) is 2.51. The van der Waals surface area contributed by atoms with Gasteiger partial charge in [-0.25, -0.2) is 0 Å². The standard InChI is InChI=1S/C11H12ClF3O/c1-8(6-12)7-16-10-4-2-9(3-5-10)11(13,14)15/h2-5,8H,6-7H2,1H3. The van der Waals surface area contributed by atoms with Crippen molar-refractivity contribution in [3.63, 3.8) is 0 Å². The molecule has 0 aliphatic rings. The summed E-state index contributed by atoms with van der Waals surface area (Å²) in [4.78, 5) is 0. The molecule has 0 radical (unpaired) electrons. The Bertz CT molecular complexity index is 321. The molecule has 1 aromatic carbocycles. The van der Waals surface area contributed by atoms with E-state index in [0.29, 0.717) is 18.2 Å². The summed E-state index contributed by atoms with van der Waals surface area (Å²) >= 11 is 5.57. The van der Waals surface area contributed by atoms with Gasteiger partial charge in [0.1, 0.15) is 5.75 Å². The normalized spacial score (nSPS) is 13.6. The molecule has 0 fully saturated rings. The predicted molar refractivity (Wildman–Crippen MR) is 56.8 cm³/mol. The van der Waals surface area contributed by atoms with Crippen molar-refractivity contribution in [2.45, 2.75) is 13.1 Å². The Morgan fingerprint density at radius 2 is 1.81 bits per heavy atom. The van der Waals surface area contributed by atoms with Crippen LogP contribution in [0.4, 0.5) is 13.2 Å². The van der Waals surface area contributed by atoms with Crippen molar-refractivity contribution in [3.05, 3.63) is 29.8 Å². The first-order valence-electron chi connectivity index (χ1n) is 4.79. The van der Waals surface area contributed by atoms with Gasteiger partial charge in [-0.2, -0.15) is 13.2 Å². The molecule has 0 aromatic heterocycles. The monoisotopic (exact) mass is 252 g/mol. The summed E-state index contributed by atoms with van der Waals surface area (Å²) in [6, 6.07) is 4.62. The second-order valence-electron chi connectivity index (χ2n) is 3.59. The molecule has 0 N–H and O–H groups in total. The van der Waals surface area contributed by atoms with Gasteiger partial charge in [0.25, 0.3) is 0 Å². The fraction of sp³-hybridized carbons (Fsp3) is 0.455. The van der Waals surface area contributed by atoms with Crippen molar-refractivity contribution in [1.29, 1.82) is 0 Å². The maximum Gasteiger partial charge on any atom is 0.416 e. The van der Waals surface area contributed by atoms with Gasteiger partial charge in [0, 0.05) is 11.8 Å². The molecule has 5 heteroatoms. The van der Waals surface area contributed by atoms with Crippen molar-refractivity contribution in [1.82, 2.24) is 0 Å². The van der Waals surface area contributed by atoms with Crippen LogP contribution in [0.15, 0.2) is 24.3 Å². The zero-order valence-corrected chi connectivity index (χ0v) is 9.48. The largest absolute Gasteiger partial charge is 0.493 e.